The molecule has 0 N–H and O–H groups in total. The third-order valence-electron chi connectivity index (χ3n) is 10.4. The van der Waals surface area contributed by atoms with Gasteiger partial charge in [-0.15, -0.1) is 0 Å². The maximum atomic E-state index is 9.56. The summed E-state index contributed by atoms with van der Waals surface area (Å²) in [5, 5.41) is 28.6. The van der Waals surface area contributed by atoms with E-state index in [-0.39, 0.29) is 0 Å². The molecule has 10 aromatic rings. The fourth-order valence-corrected chi connectivity index (χ4v) is 8.17. The molecule has 0 fully saturated rings. The van der Waals surface area contributed by atoms with Crippen molar-refractivity contribution in [3.8, 4) is 29.0 Å². The molecule has 0 saturated carbocycles. The number of nitrogens with zero attached hydrogens (tertiary/aromatic N) is 4. The topological polar surface area (TPSA) is 55.8 Å². The van der Waals surface area contributed by atoms with E-state index < -0.39 is 0 Å². The van der Waals surface area contributed by atoms with Crippen LogP contribution in [0.4, 0.5) is 17.1 Å². The van der Waals surface area contributed by atoms with Gasteiger partial charge < -0.3 is 9.47 Å². The van der Waals surface area contributed by atoms with E-state index in [1.807, 2.05) is 48.5 Å². The maximum absolute atomic E-state index is 9.56. The standard InChI is InChI=1S/C48H28N4/c49-29-31-17-22-35(23-18-31)51(36-24-19-32(30-50)20-25-36)42-27-28-44-47-41(42)26-21-34-11-8-16-43(46(34)47)52(44)48-39-14-6-4-12-37(39)45(33-9-2-1-3-10-33)38-13-5-7-15-40(38)48/h1-28H. The summed E-state index contributed by atoms with van der Waals surface area (Å²) in [6, 6.07) is 63.7. The number of rotatable bonds is 5. The lowest BCUT2D eigenvalue weighted by Crippen LogP contribution is -2.10. The van der Waals surface area contributed by atoms with Crippen LogP contribution in [0.25, 0.3) is 70.9 Å². The van der Waals surface area contributed by atoms with Crippen molar-refractivity contribution >= 4 is 71.2 Å². The number of fused-ring (bicyclic) bond motifs is 2. The summed E-state index contributed by atoms with van der Waals surface area (Å²) >= 11 is 0. The average Bonchev–Trinajstić information content (AvgIpc) is 3.55. The molecule has 9 aromatic carbocycles. The lowest BCUT2D eigenvalue weighted by Gasteiger charge is -2.27. The van der Waals surface area contributed by atoms with E-state index in [1.54, 1.807) is 0 Å². The van der Waals surface area contributed by atoms with Gasteiger partial charge in [0.1, 0.15) is 0 Å². The molecule has 1 aromatic heterocycles. The first kappa shape index (κ1) is 29.5. The van der Waals surface area contributed by atoms with Crippen molar-refractivity contribution in [2.75, 3.05) is 4.90 Å². The van der Waals surface area contributed by atoms with Gasteiger partial charge in [-0.3, -0.25) is 0 Å². The second kappa shape index (κ2) is 11.6. The Labute approximate surface area is 300 Å². The Kier molecular flexibility index (Phi) is 6.58. The van der Waals surface area contributed by atoms with Crippen LogP contribution in [-0.4, -0.2) is 4.57 Å². The fourth-order valence-electron chi connectivity index (χ4n) is 8.17. The zero-order valence-electron chi connectivity index (χ0n) is 28.0. The third-order valence-corrected chi connectivity index (χ3v) is 10.4. The van der Waals surface area contributed by atoms with Crippen molar-refractivity contribution < 1.29 is 0 Å². The van der Waals surface area contributed by atoms with Gasteiger partial charge in [-0.05, 0) is 94.0 Å². The number of anilines is 3. The number of benzene rings is 9. The van der Waals surface area contributed by atoms with Crippen molar-refractivity contribution in [2.45, 2.75) is 0 Å². The second-order valence-electron chi connectivity index (χ2n) is 13.1. The van der Waals surface area contributed by atoms with Crippen LogP contribution in [0.15, 0.2) is 170 Å². The molecule has 10 rings (SSSR count). The number of hydrogen-bond acceptors (Lipinski definition) is 3. The van der Waals surface area contributed by atoms with Crippen LogP contribution < -0.4 is 4.90 Å². The van der Waals surface area contributed by atoms with E-state index in [9.17, 15) is 10.5 Å². The normalized spacial score (nSPS) is 11.4. The van der Waals surface area contributed by atoms with Gasteiger partial charge in [0.25, 0.3) is 0 Å². The highest BCUT2D eigenvalue weighted by Crippen LogP contribution is 2.48. The molecular formula is C48H28N4. The Morgan fingerprint density at radius 1 is 0.423 bits per heavy atom. The van der Waals surface area contributed by atoms with Gasteiger partial charge in [0.2, 0.25) is 0 Å². The molecule has 0 unspecified atom stereocenters. The Morgan fingerprint density at radius 3 is 1.58 bits per heavy atom. The van der Waals surface area contributed by atoms with E-state index in [0.717, 1.165) is 33.5 Å². The zero-order valence-corrected chi connectivity index (χ0v) is 28.0. The van der Waals surface area contributed by atoms with Gasteiger partial charge in [-0.1, -0.05) is 103 Å². The van der Waals surface area contributed by atoms with Crippen molar-refractivity contribution in [2.24, 2.45) is 0 Å². The molecule has 4 nitrogen and oxygen atoms in total. The monoisotopic (exact) mass is 660 g/mol. The van der Waals surface area contributed by atoms with Crippen molar-refractivity contribution in [3.63, 3.8) is 0 Å². The molecule has 0 spiro atoms. The Balaban J connectivity index is 1.31. The van der Waals surface area contributed by atoms with E-state index in [2.05, 4.69) is 143 Å². The van der Waals surface area contributed by atoms with E-state index in [4.69, 9.17) is 0 Å². The molecule has 0 bridgehead atoms. The van der Waals surface area contributed by atoms with E-state index in [0.29, 0.717) is 11.1 Å². The second-order valence-corrected chi connectivity index (χ2v) is 13.1. The first-order valence-electron chi connectivity index (χ1n) is 17.3. The molecule has 240 valence electrons. The molecular weight excluding hydrogens is 633 g/mol. The summed E-state index contributed by atoms with van der Waals surface area (Å²) in [5.74, 6) is 0. The summed E-state index contributed by atoms with van der Waals surface area (Å²) in [7, 11) is 0. The molecule has 0 amide bonds. The number of nitriles is 2. The Hall–Kier alpha value is -7.40. The number of hydrogen-bond donors (Lipinski definition) is 0. The minimum absolute atomic E-state index is 0.602. The first-order chi connectivity index (χ1) is 25.7. The summed E-state index contributed by atoms with van der Waals surface area (Å²) in [5.41, 5.74) is 9.97. The van der Waals surface area contributed by atoms with Crippen LogP contribution >= 0.6 is 0 Å². The van der Waals surface area contributed by atoms with Crippen molar-refractivity contribution in [1.29, 1.82) is 10.5 Å². The molecule has 0 saturated heterocycles. The van der Waals surface area contributed by atoms with Gasteiger partial charge in [0.15, 0.2) is 0 Å². The smallest absolute Gasteiger partial charge is 0.0991 e. The SMILES string of the molecule is N#Cc1ccc(N(c2ccc(C#N)cc2)c2ccc3c4c2ccc2cccc(c24)n3-c2c3ccccc3c(-c3ccccc3)c3ccccc23)cc1. The highest BCUT2D eigenvalue weighted by molar-refractivity contribution is 6.28. The average molecular weight is 661 g/mol. The van der Waals surface area contributed by atoms with E-state index in [1.165, 1.54) is 54.5 Å². The molecule has 0 aliphatic heterocycles. The maximum Gasteiger partial charge on any atom is 0.0991 e. The van der Waals surface area contributed by atoms with Gasteiger partial charge in [0, 0.05) is 38.3 Å². The first-order valence-corrected chi connectivity index (χ1v) is 17.3. The summed E-state index contributed by atoms with van der Waals surface area (Å²) < 4.78 is 2.47. The molecule has 52 heavy (non-hydrogen) atoms. The van der Waals surface area contributed by atoms with Crippen LogP contribution in [0.2, 0.25) is 0 Å². The quantitative estimate of drug-likeness (QED) is 0.136. The zero-order chi connectivity index (χ0) is 34.8. The fraction of sp³-hybridized carbons (Fsp3) is 0. The Bertz CT molecular complexity index is 2950. The van der Waals surface area contributed by atoms with Crippen LogP contribution in [0.1, 0.15) is 11.1 Å². The minimum Gasteiger partial charge on any atom is -0.310 e. The lowest BCUT2D eigenvalue weighted by atomic mass is 9.90. The molecule has 1 heterocycles. The summed E-state index contributed by atoms with van der Waals surface area (Å²) in [4.78, 5) is 2.22. The van der Waals surface area contributed by atoms with Gasteiger partial charge in [-0.2, -0.15) is 10.5 Å². The summed E-state index contributed by atoms with van der Waals surface area (Å²) in [6.45, 7) is 0. The van der Waals surface area contributed by atoms with E-state index >= 15 is 0 Å². The molecule has 0 radical (unpaired) electrons. The van der Waals surface area contributed by atoms with Crippen molar-refractivity contribution in [1.82, 2.24) is 4.57 Å². The molecule has 0 aliphatic carbocycles. The van der Waals surface area contributed by atoms with Crippen LogP contribution in [-0.2, 0) is 0 Å². The van der Waals surface area contributed by atoms with Crippen molar-refractivity contribution in [3.05, 3.63) is 181 Å². The predicted molar refractivity (Wildman–Crippen MR) is 214 cm³/mol. The van der Waals surface area contributed by atoms with Gasteiger partial charge >= 0.3 is 0 Å². The highest BCUT2D eigenvalue weighted by atomic mass is 15.1. The van der Waals surface area contributed by atoms with Crippen LogP contribution in [0.3, 0.4) is 0 Å². The van der Waals surface area contributed by atoms with Crippen LogP contribution in [0.5, 0.6) is 0 Å². The van der Waals surface area contributed by atoms with Crippen LogP contribution in [0, 0.1) is 22.7 Å². The molecule has 0 atom stereocenters. The van der Waals surface area contributed by atoms with Gasteiger partial charge in [0.05, 0.1) is 45.7 Å². The lowest BCUT2D eigenvalue weighted by molar-refractivity contribution is 1.21. The third kappa shape index (κ3) is 4.32. The number of aromatic nitrogens is 1. The minimum atomic E-state index is 0.602. The molecule has 0 aliphatic rings. The summed E-state index contributed by atoms with van der Waals surface area (Å²) in [6.07, 6.45) is 0. The largest absolute Gasteiger partial charge is 0.310 e. The highest BCUT2D eigenvalue weighted by Gasteiger charge is 2.25. The molecule has 4 heteroatoms. The predicted octanol–water partition coefficient (Wildman–Crippen LogP) is 12.6. The Morgan fingerprint density at radius 2 is 0.981 bits per heavy atom. The van der Waals surface area contributed by atoms with Gasteiger partial charge in [-0.25, -0.2) is 0 Å².